The predicted octanol–water partition coefficient (Wildman–Crippen LogP) is 4.80. The van der Waals surface area contributed by atoms with Gasteiger partial charge in [0.2, 0.25) is 0 Å². The Labute approximate surface area is 201 Å². The van der Waals surface area contributed by atoms with Gasteiger partial charge in [-0.25, -0.2) is 14.4 Å². The number of nitrogens with one attached hydrogen (secondary N) is 1. The van der Waals surface area contributed by atoms with E-state index in [2.05, 4.69) is 25.9 Å². The first-order valence-corrected chi connectivity index (χ1v) is 11.7. The molecule has 9 heteroatoms. The van der Waals surface area contributed by atoms with E-state index in [1.165, 1.54) is 12.4 Å². The lowest BCUT2D eigenvalue weighted by Gasteiger charge is -2.33. The number of rotatable bonds is 4. The highest BCUT2D eigenvalue weighted by atomic mass is 35.5. The van der Waals surface area contributed by atoms with Crippen molar-refractivity contribution in [2.24, 2.45) is 5.73 Å². The number of benzene rings is 1. The maximum Gasteiger partial charge on any atom is 0.164 e. The molecule has 0 saturated carbocycles. The van der Waals surface area contributed by atoms with Crippen LogP contribution in [-0.4, -0.2) is 38.2 Å². The predicted molar refractivity (Wildman–Crippen MR) is 129 cm³/mol. The molecule has 3 N–H and O–H groups in total. The first-order valence-electron chi connectivity index (χ1n) is 11.3. The van der Waals surface area contributed by atoms with Crippen LogP contribution < -0.4 is 11.1 Å². The molecular formula is C25H25ClFN5O2. The van der Waals surface area contributed by atoms with Gasteiger partial charge in [0.05, 0.1) is 11.4 Å². The highest BCUT2D eigenvalue weighted by molar-refractivity contribution is 6.33. The SMILES string of the molecule is CC1(C)O[C@@H]2[C@H](O1)C(CCC1(N)C=Cc3c(F)cccc3N1)=C[C@H]2n1ccc2c(Cl)ncnc21. The standard InChI is InChI=1S/C25H25ClFN5O2/c1-24(2)33-20-14(6-9-25(28)10-7-15-17(27)4-3-5-18(15)31-25)12-19(21(20)34-24)32-11-8-16-22(26)29-13-30-23(16)32/h3-5,7-8,10-13,19-21,31H,6,9,28H2,1-2H3/t19-,20-,21+,25?/m1/s1. The number of hydrogen-bond acceptors (Lipinski definition) is 6. The quantitative estimate of drug-likeness (QED) is 0.411. The monoisotopic (exact) mass is 481 g/mol. The van der Waals surface area contributed by atoms with Gasteiger partial charge in [-0.2, -0.15) is 0 Å². The van der Waals surface area contributed by atoms with Crippen LogP contribution in [0.4, 0.5) is 10.1 Å². The van der Waals surface area contributed by atoms with Crippen LogP contribution in [-0.2, 0) is 9.47 Å². The summed E-state index contributed by atoms with van der Waals surface area (Å²) in [5, 5.41) is 4.51. The van der Waals surface area contributed by atoms with Crippen LogP contribution >= 0.6 is 11.6 Å². The van der Waals surface area contributed by atoms with Gasteiger partial charge in [0.15, 0.2) is 5.79 Å². The van der Waals surface area contributed by atoms with E-state index in [0.29, 0.717) is 29.2 Å². The summed E-state index contributed by atoms with van der Waals surface area (Å²) < 4.78 is 28.8. The molecule has 1 unspecified atom stereocenters. The average molecular weight is 482 g/mol. The molecule has 0 spiro atoms. The molecule has 34 heavy (non-hydrogen) atoms. The lowest BCUT2D eigenvalue weighted by atomic mass is 9.94. The summed E-state index contributed by atoms with van der Waals surface area (Å²) in [7, 11) is 0. The van der Waals surface area contributed by atoms with Gasteiger partial charge >= 0.3 is 0 Å². The first-order chi connectivity index (χ1) is 16.2. The largest absolute Gasteiger partial charge is 0.364 e. The molecule has 1 saturated heterocycles. The molecule has 4 heterocycles. The molecule has 0 bridgehead atoms. The number of hydrogen-bond donors (Lipinski definition) is 2. The highest BCUT2D eigenvalue weighted by Crippen LogP contribution is 2.46. The van der Waals surface area contributed by atoms with E-state index in [-0.39, 0.29) is 24.1 Å². The molecule has 0 amide bonds. The third-order valence-corrected chi connectivity index (χ3v) is 7.09. The fraction of sp³-hybridized carbons (Fsp3) is 0.360. The molecule has 2 aliphatic heterocycles. The maximum atomic E-state index is 14.1. The van der Waals surface area contributed by atoms with Crippen LogP contribution in [0.15, 0.2) is 54.5 Å². The van der Waals surface area contributed by atoms with Crippen molar-refractivity contribution in [3.05, 3.63) is 71.0 Å². The number of anilines is 1. The van der Waals surface area contributed by atoms with Crippen molar-refractivity contribution >= 4 is 34.4 Å². The van der Waals surface area contributed by atoms with E-state index in [1.54, 1.807) is 12.1 Å². The summed E-state index contributed by atoms with van der Waals surface area (Å²) in [5.74, 6) is -0.975. The average Bonchev–Trinajstić information content (AvgIpc) is 3.44. The van der Waals surface area contributed by atoms with Crippen LogP contribution in [0, 0.1) is 5.82 Å². The van der Waals surface area contributed by atoms with E-state index in [9.17, 15) is 4.39 Å². The van der Waals surface area contributed by atoms with Crippen LogP contribution in [0.3, 0.4) is 0 Å². The Morgan fingerprint density at radius 2 is 2.09 bits per heavy atom. The zero-order valence-electron chi connectivity index (χ0n) is 18.8. The lowest BCUT2D eigenvalue weighted by molar-refractivity contribution is -0.147. The summed E-state index contributed by atoms with van der Waals surface area (Å²) >= 11 is 6.27. The smallest absolute Gasteiger partial charge is 0.164 e. The Morgan fingerprint density at radius 1 is 1.24 bits per heavy atom. The van der Waals surface area contributed by atoms with E-state index >= 15 is 0 Å². The normalized spacial score (nSPS) is 29.1. The van der Waals surface area contributed by atoms with Crippen LogP contribution in [0.25, 0.3) is 17.1 Å². The molecule has 3 aromatic rings. The summed E-state index contributed by atoms with van der Waals surface area (Å²) in [4.78, 5) is 8.53. The molecule has 0 radical (unpaired) electrons. The van der Waals surface area contributed by atoms with Crippen molar-refractivity contribution in [1.82, 2.24) is 14.5 Å². The Balaban J connectivity index is 1.29. The van der Waals surface area contributed by atoms with Crippen LogP contribution in [0.5, 0.6) is 0 Å². The second-order valence-electron chi connectivity index (χ2n) is 9.58. The summed E-state index contributed by atoms with van der Waals surface area (Å²) in [6, 6.07) is 6.77. The first kappa shape index (κ1) is 21.7. The second kappa shape index (κ2) is 7.61. The van der Waals surface area contributed by atoms with E-state index in [1.807, 2.05) is 38.3 Å². The Morgan fingerprint density at radius 3 is 2.94 bits per heavy atom. The van der Waals surface area contributed by atoms with E-state index < -0.39 is 11.4 Å². The van der Waals surface area contributed by atoms with Gasteiger partial charge in [0, 0.05) is 17.4 Å². The Bertz CT molecular complexity index is 1350. The Kier molecular flexibility index (Phi) is 4.87. The van der Waals surface area contributed by atoms with Gasteiger partial charge in [-0.15, -0.1) is 0 Å². The van der Waals surface area contributed by atoms with E-state index in [0.717, 1.165) is 16.6 Å². The van der Waals surface area contributed by atoms with Gasteiger partial charge in [-0.05, 0) is 56.5 Å². The van der Waals surface area contributed by atoms with Crippen molar-refractivity contribution in [3.63, 3.8) is 0 Å². The maximum absolute atomic E-state index is 14.1. The number of ether oxygens (including phenoxy) is 2. The van der Waals surface area contributed by atoms with Gasteiger partial charge in [0.1, 0.15) is 40.8 Å². The molecule has 2 aromatic heterocycles. The third-order valence-electron chi connectivity index (χ3n) is 6.79. The minimum Gasteiger partial charge on any atom is -0.364 e. The molecule has 3 aliphatic rings. The number of halogens is 2. The summed E-state index contributed by atoms with van der Waals surface area (Å²) in [6.07, 6.45) is 10.1. The number of nitrogens with two attached hydrogens (primary N) is 1. The van der Waals surface area contributed by atoms with Crippen LogP contribution in [0.2, 0.25) is 5.15 Å². The van der Waals surface area contributed by atoms with E-state index in [4.69, 9.17) is 26.8 Å². The molecule has 1 aromatic carbocycles. The highest BCUT2D eigenvalue weighted by Gasteiger charge is 2.50. The van der Waals surface area contributed by atoms with Crippen molar-refractivity contribution in [1.29, 1.82) is 0 Å². The molecule has 176 valence electrons. The third kappa shape index (κ3) is 3.53. The van der Waals surface area contributed by atoms with Gasteiger partial charge in [-0.1, -0.05) is 29.8 Å². The number of fused-ring (bicyclic) bond motifs is 3. The molecule has 7 nitrogen and oxygen atoms in total. The number of aromatic nitrogens is 3. The van der Waals surface area contributed by atoms with Gasteiger partial charge < -0.3 is 25.1 Å². The minimum absolute atomic E-state index is 0.108. The Hall–Kier alpha value is -2.78. The summed E-state index contributed by atoms with van der Waals surface area (Å²) in [6.45, 7) is 3.85. The summed E-state index contributed by atoms with van der Waals surface area (Å²) in [5.41, 5.74) is 8.94. The second-order valence-corrected chi connectivity index (χ2v) is 9.94. The topological polar surface area (TPSA) is 87.2 Å². The molecule has 1 aliphatic carbocycles. The zero-order valence-corrected chi connectivity index (χ0v) is 19.6. The minimum atomic E-state index is -0.801. The fourth-order valence-corrected chi connectivity index (χ4v) is 5.41. The molecular weight excluding hydrogens is 457 g/mol. The van der Waals surface area contributed by atoms with Crippen molar-refractivity contribution in [3.8, 4) is 0 Å². The van der Waals surface area contributed by atoms with Gasteiger partial charge in [-0.3, -0.25) is 0 Å². The van der Waals surface area contributed by atoms with Crippen molar-refractivity contribution in [2.45, 2.75) is 56.4 Å². The number of nitrogens with zero attached hydrogens (tertiary/aromatic N) is 3. The molecule has 6 rings (SSSR count). The van der Waals surface area contributed by atoms with Gasteiger partial charge in [0.25, 0.3) is 0 Å². The van der Waals surface area contributed by atoms with Crippen molar-refractivity contribution < 1.29 is 13.9 Å². The zero-order chi connectivity index (χ0) is 23.7. The molecule has 1 fully saturated rings. The van der Waals surface area contributed by atoms with Crippen LogP contribution in [0.1, 0.15) is 38.3 Å². The van der Waals surface area contributed by atoms with Crippen molar-refractivity contribution in [2.75, 3.05) is 5.32 Å². The fourth-order valence-electron chi connectivity index (χ4n) is 5.22. The molecule has 4 atom stereocenters. The lowest BCUT2D eigenvalue weighted by Crippen LogP contribution is -2.47.